The maximum atomic E-state index is 5.32. The third kappa shape index (κ3) is 4.22. The number of terminal acetylenes is 1. The highest BCUT2D eigenvalue weighted by atomic mass is 32.1. The molecule has 3 rings (SSSR count). The summed E-state index contributed by atoms with van der Waals surface area (Å²) in [5.74, 6) is 3.17. The Morgan fingerprint density at radius 1 is 1.17 bits per heavy atom. The van der Waals surface area contributed by atoms with Gasteiger partial charge in [0, 0.05) is 10.9 Å². The van der Waals surface area contributed by atoms with Gasteiger partial charge in [-0.25, -0.2) is 4.98 Å². The standard InChI is InChI=1S/C19H15N3OS/c1-2-12-23-17-10-8-15(9-11-17)13-20-22-19-21-18(14-24-19)16-6-4-3-5-7-16/h1,3-11,13-14H,12H2,(H,21,22)/b20-13+. The van der Waals surface area contributed by atoms with Gasteiger partial charge in [-0.3, -0.25) is 5.43 Å². The highest BCUT2D eigenvalue weighted by Crippen LogP contribution is 2.24. The number of hydrazone groups is 1. The highest BCUT2D eigenvalue weighted by Gasteiger charge is 2.02. The molecule has 2 aromatic carbocycles. The Morgan fingerprint density at radius 3 is 2.71 bits per heavy atom. The Labute approximate surface area is 144 Å². The molecular formula is C19H15N3OS. The molecule has 0 aliphatic heterocycles. The van der Waals surface area contributed by atoms with Crippen LogP contribution in [0.15, 0.2) is 65.1 Å². The van der Waals surface area contributed by atoms with Crippen LogP contribution in [0, 0.1) is 12.3 Å². The lowest BCUT2D eigenvalue weighted by Crippen LogP contribution is -1.94. The van der Waals surface area contributed by atoms with Crippen molar-refractivity contribution in [2.24, 2.45) is 5.10 Å². The number of ether oxygens (including phenoxy) is 1. The summed E-state index contributed by atoms with van der Waals surface area (Å²) >= 11 is 1.52. The average Bonchev–Trinajstić information content (AvgIpc) is 3.11. The first-order chi connectivity index (χ1) is 11.8. The molecule has 1 heterocycles. The van der Waals surface area contributed by atoms with Crippen LogP contribution in [0.3, 0.4) is 0 Å². The van der Waals surface area contributed by atoms with E-state index >= 15 is 0 Å². The quantitative estimate of drug-likeness (QED) is 0.416. The molecule has 0 bridgehead atoms. The van der Waals surface area contributed by atoms with E-state index < -0.39 is 0 Å². The number of nitrogens with one attached hydrogen (secondary N) is 1. The first kappa shape index (κ1) is 15.8. The van der Waals surface area contributed by atoms with E-state index in [0.717, 1.165) is 27.7 Å². The summed E-state index contributed by atoms with van der Waals surface area (Å²) in [5, 5.41) is 6.96. The van der Waals surface area contributed by atoms with Crippen LogP contribution in [-0.2, 0) is 0 Å². The summed E-state index contributed by atoms with van der Waals surface area (Å²) in [6.45, 7) is 0.267. The van der Waals surface area contributed by atoms with E-state index in [1.807, 2.05) is 60.0 Å². The van der Waals surface area contributed by atoms with Crippen molar-refractivity contribution in [2.45, 2.75) is 0 Å². The molecule has 1 aromatic heterocycles. The lowest BCUT2D eigenvalue weighted by atomic mass is 10.2. The molecule has 3 aromatic rings. The Balaban J connectivity index is 1.59. The van der Waals surface area contributed by atoms with Gasteiger partial charge in [0.05, 0.1) is 11.9 Å². The largest absolute Gasteiger partial charge is 0.481 e. The highest BCUT2D eigenvalue weighted by molar-refractivity contribution is 7.14. The molecule has 1 N–H and O–H groups in total. The maximum absolute atomic E-state index is 5.32. The van der Waals surface area contributed by atoms with Crippen LogP contribution in [0.4, 0.5) is 5.13 Å². The van der Waals surface area contributed by atoms with Gasteiger partial charge in [-0.2, -0.15) is 5.10 Å². The Morgan fingerprint density at radius 2 is 1.96 bits per heavy atom. The van der Waals surface area contributed by atoms with Crippen molar-refractivity contribution in [3.63, 3.8) is 0 Å². The van der Waals surface area contributed by atoms with Crippen LogP contribution in [-0.4, -0.2) is 17.8 Å². The lowest BCUT2D eigenvalue weighted by Gasteiger charge is -2.01. The Kier molecular flexibility index (Phi) is 5.23. The zero-order valence-corrected chi connectivity index (χ0v) is 13.7. The van der Waals surface area contributed by atoms with E-state index in [9.17, 15) is 0 Å². The number of hydrogen-bond acceptors (Lipinski definition) is 5. The molecule has 0 aliphatic rings. The molecular weight excluding hydrogens is 318 g/mol. The molecule has 0 radical (unpaired) electrons. The van der Waals surface area contributed by atoms with Crippen LogP contribution in [0.25, 0.3) is 11.3 Å². The predicted molar refractivity (Wildman–Crippen MR) is 99.5 cm³/mol. The van der Waals surface area contributed by atoms with E-state index in [-0.39, 0.29) is 6.61 Å². The third-order valence-electron chi connectivity index (χ3n) is 3.15. The fourth-order valence-corrected chi connectivity index (χ4v) is 2.67. The minimum Gasteiger partial charge on any atom is -0.481 e. The number of benzene rings is 2. The molecule has 4 nitrogen and oxygen atoms in total. The number of nitrogens with zero attached hydrogens (tertiary/aromatic N) is 2. The van der Waals surface area contributed by atoms with E-state index in [0.29, 0.717) is 0 Å². The van der Waals surface area contributed by atoms with Gasteiger partial charge >= 0.3 is 0 Å². The maximum Gasteiger partial charge on any atom is 0.203 e. The molecule has 0 saturated carbocycles. The summed E-state index contributed by atoms with van der Waals surface area (Å²) in [6, 6.07) is 17.6. The van der Waals surface area contributed by atoms with Gasteiger partial charge in [-0.05, 0) is 29.8 Å². The number of rotatable bonds is 6. The second-order valence-electron chi connectivity index (χ2n) is 4.84. The normalized spacial score (nSPS) is 10.5. The molecule has 0 aliphatic carbocycles. The first-order valence-corrected chi connectivity index (χ1v) is 8.19. The fraction of sp³-hybridized carbons (Fsp3) is 0.0526. The van der Waals surface area contributed by atoms with E-state index in [4.69, 9.17) is 11.2 Å². The number of anilines is 1. The van der Waals surface area contributed by atoms with Crippen molar-refractivity contribution < 1.29 is 4.74 Å². The zero-order valence-electron chi connectivity index (χ0n) is 12.8. The fourth-order valence-electron chi connectivity index (χ4n) is 2.00. The van der Waals surface area contributed by atoms with Crippen molar-refractivity contribution in [1.82, 2.24) is 4.98 Å². The van der Waals surface area contributed by atoms with Gasteiger partial charge < -0.3 is 4.74 Å². The van der Waals surface area contributed by atoms with Crippen LogP contribution < -0.4 is 10.2 Å². The molecule has 5 heteroatoms. The van der Waals surface area contributed by atoms with E-state index in [1.54, 1.807) is 6.21 Å². The van der Waals surface area contributed by atoms with Gasteiger partial charge in [-0.1, -0.05) is 36.3 Å². The molecule has 0 spiro atoms. The Hall–Kier alpha value is -3.10. The van der Waals surface area contributed by atoms with Gasteiger partial charge in [0.1, 0.15) is 12.4 Å². The van der Waals surface area contributed by atoms with E-state index in [1.165, 1.54) is 11.3 Å². The predicted octanol–water partition coefficient (Wildman–Crippen LogP) is 4.27. The average molecular weight is 333 g/mol. The van der Waals surface area contributed by atoms with Gasteiger partial charge in [0.15, 0.2) is 0 Å². The first-order valence-electron chi connectivity index (χ1n) is 7.31. The summed E-state index contributed by atoms with van der Waals surface area (Å²) < 4.78 is 5.32. The van der Waals surface area contributed by atoms with Crippen LogP contribution >= 0.6 is 11.3 Å². The van der Waals surface area contributed by atoms with Crippen molar-refractivity contribution >= 4 is 22.7 Å². The van der Waals surface area contributed by atoms with Crippen molar-refractivity contribution in [3.05, 3.63) is 65.5 Å². The molecule has 0 atom stereocenters. The smallest absolute Gasteiger partial charge is 0.203 e. The molecule has 0 fully saturated rings. The minimum absolute atomic E-state index is 0.267. The molecule has 24 heavy (non-hydrogen) atoms. The molecule has 0 amide bonds. The lowest BCUT2D eigenvalue weighted by molar-refractivity contribution is 0.370. The summed E-state index contributed by atoms with van der Waals surface area (Å²) in [4.78, 5) is 4.51. The van der Waals surface area contributed by atoms with E-state index in [2.05, 4.69) is 21.4 Å². The summed E-state index contributed by atoms with van der Waals surface area (Å²) in [5.41, 5.74) is 5.93. The number of thiazole rings is 1. The van der Waals surface area contributed by atoms with Gasteiger partial charge in [-0.15, -0.1) is 17.8 Å². The monoisotopic (exact) mass is 333 g/mol. The molecule has 0 saturated heterocycles. The van der Waals surface area contributed by atoms with Crippen molar-refractivity contribution in [1.29, 1.82) is 0 Å². The molecule has 0 unspecified atom stereocenters. The third-order valence-corrected chi connectivity index (χ3v) is 3.90. The van der Waals surface area contributed by atoms with Crippen LogP contribution in [0.2, 0.25) is 0 Å². The summed E-state index contributed by atoms with van der Waals surface area (Å²) in [6.07, 6.45) is 6.89. The second kappa shape index (κ2) is 7.95. The molecule has 118 valence electrons. The topological polar surface area (TPSA) is 46.5 Å². The Bertz CT molecular complexity index is 848. The minimum atomic E-state index is 0.267. The van der Waals surface area contributed by atoms with Crippen LogP contribution in [0.1, 0.15) is 5.56 Å². The van der Waals surface area contributed by atoms with Gasteiger partial charge in [0.25, 0.3) is 0 Å². The second-order valence-corrected chi connectivity index (χ2v) is 5.69. The van der Waals surface area contributed by atoms with Gasteiger partial charge in [0.2, 0.25) is 5.13 Å². The summed E-state index contributed by atoms with van der Waals surface area (Å²) in [7, 11) is 0. The SMILES string of the molecule is C#CCOc1ccc(/C=N/Nc2nc(-c3ccccc3)cs2)cc1. The van der Waals surface area contributed by atoms with Crippen molar-refractivity contribution in [2.75, 3.05) is 12.0 Å². The number of aromatic nitrogens is 1. The number of hydrogen-bond donors (Lipinski definition) is 1. The van der Waals surface area contributed by atoms with Crippen molar-refractivity contribution in [3.8, 4) is 29.4 Å². The van der Waals surface area contributed by atoms with Crippen LogP contribution in [0.5, 0.6) is 5.75 Å². The zero-order chi connectivity index (χ0) is 16.6.